The van der Waals surface area contributed by atoms with E-state index in [0.29, 0.717) is 24.1 Å². The summed E-state index contributed by atoms with van der Waals surface area (Å²) < 4.78 is 10.3. The summed E-state index contributed by atoms with van der Waals surface area (Å²) in [5.41, 5.74) is 1.88. The molecule has 29 heavy (non-hydrogen) atoms. The van der Waals surface area contributed by atoms with Gasteiger partial charge in [-0.3, -0.25) is 14.6 Å². The zero-order chi connectivity index (χ0) is 21.1. The van der Waals surface area contributed by atoms with Crippen molar-refractivity contribution < 1.29 is 23.9 Å². The van der Waals surface area contributed by atoms with Gasteiger partial charge in [0.1, 0.15) is 6.61 Å². The lowest BCUT2D eigenvalue weighted by Crippen LogP contribution is -2.27. The van der Waals surface area contributed by atoms with Gasteiger partial charge in [-0.2, -0.15) is 0 Å². The molecule has 152 valence electrons. The quantitative estimate of drug-likeness (QED) is 0.340. The van der Waals surface area contributed by atoms with Gasteiger partial charge in [-0.25, -0.2) is 4.79 Å². The van der Waals surface area contributed by atoms with Crippen LogP contribution < -0.4 is 0 Å². The predicted octanol–water partition coefficient (Wildman–Crippen LogP) is 4.29. The summed E-state index contributed by atoms with van der Waals surface area (Å²) in [5, 5.41) is 0. The van der Waals surface area contributed by atoms with Crippen LogP contribution in [0.4, 0.5) is 5.69 Å². The molecule has 0 bridgehead atoms. The van der Waals surface area contributed by atoms with Gasteiger partial charge < -0.3 is 9.47 Å². The van der Waals surface area contributed by atoms with Crippen LogP contribution in [-0.2, 0) is 25.7 Å². The molecule has 0 saturated carbocycles. The molecule has 0 heterocycles. The number of hydrogen-bond donors (Lipinski definition) is 0. The van der Waals surface area contributed by atoms with Gasteiger partial charge in [0.15, 0.2) is 11.7 Å². The van der Waals surface area contributed by atoms with Crippen LogP contribution in [0.15, 0.2) is 59.6 Å². The Kier molecular flexibility index (Phi) is 8.76. The average Bonchev–Trinajstić information content (AvgIpc) is 2.74. The third-order valence-corrected chi connectivity index (χ3v) is 4.07. The summed E-state index contributed by atoms with van der Waals surface area (Å²) in [5.74, 6) is -2.18. The van der Waals surface area contributed by atoms with Gasteiger partial charge in [-0.05, 0) is 43.2 Å². The molecule has 6 nitrogen and oxygen atoms in total. The van der Waals surface area contributed by atoms with Crippen LogP contribution >= 0.6 is 0 Å². The Hall–Kier alpha value is -3.28. The SMILES string of the molecule is CCCC(=O)C(C=Nc1ccc(COC(=O)c2ccccc2)cc1)C(=O)OCC. The molecule has 0 amide bonds. The summed E-state index contributed by atoms with van der Waals surface area (Å²) in [6.45, 7) is 3.91. The zero-order valence-corrected chi connectivity index (χ0v) is 16.7. The van der Waals surface area contributed by atoms with E-state index < -0.39 is 11.9 Å². The highest BCUT2D eigenvalue weighted by atomic mass is 16.5. The molecule has 6 heteroatoms. The molecule has 0 radical (unpaired) electrons. The first-order valence-corrected chi connectivity index (χ1v) is 9.59. The number of Topliss-reactive ketones (excluding diaryl/α,β-unsaturated/α-hetero) is 1. The van der Waals surface area contributed by atoms with E-state index in [1.807, 2.05) is 13.0 Å². The monoisotopic (exact) mass is 395 g/mol. The maximum atomic E-state index is 12.2. The largest absolute Gasteiger partial charge is 0.465 e. The van der Waals surface area contributed by atoms with E-state index >= 15 is 0 Å². The number of ketones is 1. The number of carbonyl (C=O) groups is 3. The topological polar surface area (TPSA) is 82.0 Å². The van der Waals surface area contributed by atoms with Gasteiger partial charge >= 0.3 is 11.9 Å². The molecule has 0 fully saturated rings. The molecule has 2 aromatic rings. The second kappa shape index (κ2) is 11.5. The number of ether oxygens (including phenoxy) is 2. The van der Waals surface area contributed by atoms with Crippen molar-refractivity contribution in [1.82, 2.24) is 0 Å². The van der Waals surface area contributed by atoms with Gasteiger partial charge in [-0.1, -0.05) is 37.3 Å². The van der Waals surface area contributed by atoms with E-state index in [1.165, 1.54) is 6.21 Å². The van der Waals surface area contributed by atoms with E-state index in [0.717, 1.165) is 5.56 Å². The lowest BCUT2D eigenvalue weighted by Gasteiger charge is -2.09. The molecular weight excluding hydrogens is 370 g/mol. The number of nitrogens with zero attached hydrogens (tertiary/aromatic N) is 1. The second-order valence-electron chi connectivity index (χ2n) is 6.33. The highest BCUT2D eigenvalue weighted by Gasteiger charge is 2.25. The zero-order valence-electron chi connectivity index (χ0n) is 16.7. The van der Waals surface area contributed by atoms with Crippen LogP contribution in [0.3, 0.4) is 0 Å². The molecular formula is C23H25NO5. The Balaban J connectivity index is 1.98. The van der Waals surface area contributed by atoms with Gasteiger partial charge in [0, 0.05) is 12.6 Å². The lowest BCUT2D eigenvalue weighted by molar-refractivity contribution is -0.148. The molecule has 0 spiro atoms. The molecule has 1 atom stereocenters. The third kappa shape index (κ3) is 6.99. The first-order chi connectivity index (χ1) is 14.0. The summed E-state index contributed by atoms with van der Waals surface area (Å²) in [6.07, 6.45) is 2.28. The van der Waals surface area contributed by atoms with Crippen molar-refractivity contribution in [3.8, 4) is 0 Å². The minimum absolute atomic E-state index is 0.137. The van der Waals surface area contributed by atoms with Crippen molar-refractivity contribution in [1.29, 1.82) is 0 Å². The van der Waals surface area contributed by atoms with E-state index in [4.69, 9.17) is 9.47 Å². The van der Waals surface area contributed by atoms with Crippen molar-refractivity contribution in [3.05, 3.63) is 65.7 Å². The summed E-state index contributed by atoms with van der Waals surface area (Å²) in [7, 11) is 0. The number of carbonyl (C=O) groups excluding carboxylic acids is 3. The Bertz CT molecular complexity index is 825. The highest BCUT2D eigenvalue weighted by molar-refractivity contribution is 6.12. The minimum atomic E-state index is -0.999. The van der Waals surface area contributed by atoms with Crippen LogP contribution in [0.1, 0.15) is 42.6 Å². The fraction of sp³-hybridized carbons (Fsp3) is 0.304. The van der Waals surface area contributed by atoms with Gasteiger partial charge in [-0.15, -0.1) is 0 Å². The van der Waals surface area contributed by atoms with Crippen molar-refractivity contribution in [2.45, 2.75) is 33.3 Å². The molecule has 0 N–H and O–H groups in total. The maximum absolute atomic E-state index is 12.2. The number of rotatable bonds is 10. The molecule has 1 unspecified atom stereocenters. The predicted molar refractivity (Wildman–Crippen MR) is 110 cm³/mol. The molecule has 2 aromatic carbocycles. The Morgan fingerprint density at radius 1 is 0.966 bits per heavy atom. The molecule has 0 aliphatic heterocycles. The van der Waals surface area contributed by atoms with Gasteiger partial charge in [0.05, 0.1) is 17.9 Å². The van der Waals surface area contributed by atoms with E-state index in [9.17, 15) is 14.4 Å². The van der Waals surface area contributed by atoms with Crippen molar-refractivity contribution >= 4 is 29.6 Å². The van der Waals surface area contributed by atoms with Crippen LogP contribution in [0.2, 0.25) is 0 Å². The average molecular weight is 395 g/mol. The smallest absolute Gasteiger partial charge is 0.338 e. The van der Waals surface area contributed by atoms with Crippen LogP contribution in [-0.4, -0.2) is 30.5 Å². The fourth-order valence-electron chi connectivity index (χ4n) is 2.55. The molecule has 2 rings (SSSR count). The van der Waals surface area contributed by atoms with Gasteiger partial charge in [0.25, 0.3) is 0 Å². The Morgan fingerprint density at radius 2 is 1.66 bits per heavy atom. The van der Waals surface area contributed by atoms with E-state index in [-0.39, 0.29) is 25.0 Å². The minimum Gasteiger partial charge on any atom is -0.465 e. The van der Waals surface area contributed by atoms with Crippen LogP contribution in [0, 0.1) is 5.92 Å². The van der Waals surface area contributed by atoms with Gasteiger partial charge in [0.2, 0.25) is 0 Å². The van der Waals surface area contributed by atoms with E-state index in [1.54, 1.807) is 55.5 Å². The summed E-state index contributed by atoms with van der Waals surface area (Å²) >= 11 is 0. The highest BCUT2D eigenvalue weighted by Crippen LogP contribution is 2.15. The van der Waals surface area contributed by atoms with Crippen molar-refractivity contribution in [3.63, 3.8) is 0 Å². The summed E-state index contributed by atoms with van der Waals surface area (Å²) in [6, 6.07) is 15.8. The fourth-order valence-corrected chi connectivity index (χ4v) is 2.55. The first kappa shape index (κ1) is 22.0. The molecule has 0 aliphatic carbocycles. The number of benzene rings is 2. The Labute approximate surface area is 170 Å². The maximum Gasteiger partial charge on any atom is 0.338 e. The van der Waals surface area contributed by atoms with Crippen LogP contribution in [0.5, 0.6) is 0 Å². The number of hydrogen-bond acceptors (Lipinski definition) is 6. The molecule has 0 aromatic heterocycles. The Morgan fingerprint density at radius 3 is 2.28 bits per heavy atom. The van der Waals surface area contributed by atoms with Crippen LogP contribution in [0.25, 0.3) is 0 Å². The summed E-state index contributed by atoms with van der Waals surface area (Å²) in [4.78, 5) is 40.4. The van der Waals surface area contributed by atoms with Crippen molar-refractivity contribution in [2.24, 2.45) is 10.9 Å². The molecule has 0 saturated heterocycles. The molecule has 0 aliphatic rings. The van der Waals surface area contributed by atoms with Crippen molar-refractivity contribution in [2.75, 3.05) is 6.61 Å². The number of aliphatic imine (C=N–C) groups is 1. The van der Waals surface area contributed by atoms with E-state index in [2.05, 4.69) is 4.99 Å². The number of esters is 2. The third-order valence-electron chi connectivity index (χ3n) is 4.07. The normalized spacial score (nSPS) is 11.8. The standard InChI is InChI=1S/C23H25NO5/c1-3-8-21(25)20(23(27)28-4-2)15-24-19-13-11-17(12-14-19)16-29-22(26)18-9-6-5-7-10-18/h5-7,9-15,20H,3-4,8,16H2,1-2H3. The second-order valence-corrected chi connectivity index (χ2v) is 6.33. The first-order valence-electron chi connectivity index (χ1n) is 9.59. The lowest BCUT2D eigenvalue weighted by atomic mass is 10.0.